The molecule has 2 heterocycles. The predicted octanol–water partition coefficient (Wildman–Crippen LogP) is 4.86. The number of anilines is 1. The maximum atomic E-state index is 14.6. The van der Waals surface area contributed by atoms with E-state index < -0.39 is 51.7 Å². The lowest BCUT2D eigenvalue weighted by atomic mass is 9.76. The molecule has 2 fully saturated rings. The van der Waals surface area contributed by atoms with Crippen molar-refractivity contribution in [1.29, 1.82) is 0 Å². The van der Waals surface area contributed by atoms with Crippen LogP contribution >= 0.6 is 11.6 Å². The number of nitrogen functional groups attached to an aromatic ring is 1. The zero-order valence-corrected chi connectivity index (χ0v) is 26.3. The van der Waals surface area contributed by atoms with Crippen molar-refractivity contribution in [2.75, 3.05) is 18.9 Å². The molecule has 0 saturated heterocycles. The van der Waals surface area contributed by atoms with Gasteiger partial charge in [0.05, 0.1) is 27.9 Å². The SMILES string of the molecule is C[C@]1(C(N)=O)COc2c1cc([C@@](C=O)(CNC(=O)c1cc(C=NC3CC3)c(N)c(OC(F)F)c1)C1CC1)nc2-c1ccc(F)c(F)c1Cl. The maximum absolute atomic E-state index is 14.6. The third kappa shape index (κ3) is 5.93. The van der Waals surface area contributed by atoms with Crippen molar-refractivity contribution in [3.8, 4) is 22.8 Å². The Kier molecular flexibility index (Phi) is 8.56. The number of halogens is 5. The Morgan fingerprint density at radius 3 is 2.58 bits per heavy atom. The molecular formula is C33H30ClF4N5O5. The first kappa shape index (κ1) is 33.2. The van der Waals surface area contributed by atoms with E-state index in [1.807, 2.05) is 0 Å². The summed E-state index contributed by atoms with van der Waals surface area (Å²) in [5, 5.41) is 2.12. The van der Waals surface area contributed by atoms with E-state index in [4.69, 9.17) is 27.8 Å². The monoisotopic (exact) mass is 687 g/mol. The van der Waals surface area contributed by atoms with Crippen molar-refractivity contribution >= 4 is 41.6 Å². The van der Waals surface area contributed by atoms with E-state index in [9.17, 15) is 31.9 Å². The first-order valence-corrected chi connectivity index (χ1v) is 15.5. The van der Waals surface area contributed by atoms with Crippen LogP contribution in [0, 0.1) is 17.6 Å². The van der Waals surface area contributed by atoms with Gasteiger partial charge >= 0.3 is 6.61 Å². The van der Waals surface area contributed by atoms with Crippen LogP contribution in [0.25, 0.3) is 11.3 Å². The highest BCUT2D eigenvalue weighted by atomic mass is 35.5. The van der Waals surface area contributed by atoms with Crippen LogP contribution in [0.2, 0.25) is 5.02 Å². The summed E-state index contributed by atoms with van der Waals surface area (Å²) >= 11 is 6.22. The van der Waals surface area contributed by atoms with Gasteiger partial charge in [-0.3, -0.25) is 14.6 Å². The summed E-state index contributed by atoms with van der Waals surface area (Å²) in [6, 6.07) is 6.07. The lowest BCUT2D eigenvalue weighted by Crippen LogP contribution is -2.45. The molecule has 0 radical (unpaired) electrons. The molecule has 1 aromatic heterocycles. The van der Waals surface area contributed by atoms with Gasteiger partial charge in [0.15, 0.2) is 11.6 Å². The van der Waals surface area contributed by atoms with E-state index in [0.29, 0.717) is 19.1 Å². The number of carbonyl (C=O) groups is 3. The molecule has 0 spiro atoms. The summed E-state index contributed by atoms with van der Waals surface area (Å²) in [4.78, 5) is 48.3. The minimum absolute atomic E-state index is 0.0542. The summed E-state index contributed by atoms with van der Waals surface area (Å²) in [6.07, 6.45) is 4.94. The lowest BCUT2D eigenvalue weighted by molar-refractivity contribution is -0.123. The van der Waals surface area contributed by atoms with Gasteiger partial charge in [-0.1, -0.05) is 11.6 Å². The summed E-state index contributed by atoms with van der Waals surface area (Å²) in [5.41, 5.74) is 9.16. The van der Waals surface area contributed by atoms with E-state index >= 15 is 0 Å². The van der Waals surface area contributed by atoms with E-state index in [1.165, 1.54) is 31.3 Å². The fraction of sp³-hybridized carbons (Fsp3) is 0.364. The van der Waals surface area contributed by atoms with Crippen LogP contribution in [-0.4, -0.2) is 55.1 Å². The van der Waals surface area contributed by atoms with Crippen molar-refractivity contribution in [3.05, 3.63) is 69.4 Å². The van der Waals surface area contributed by atoms with Crippen LogP contribution in [0.3, 0.4) is 0 Å². The zero-order valence-electron chi connectivity index (χ0n) is 25.5. The van der Waals surface area contributed by atoms with Gasteiger partial charge < -0.3 is 31.1 Å². The quantitative estimate of drug-likeness (QED) is 0.0807. The Bertz CT molecular complexity index is 1870. The lowest BCUT2D eigenvalue weighted by Gasteiger charge is -2.30. The number of alkyl halides is 2. The van der Waals surface area contributed by atoms with Crippen molar-refractivity contribution in [2.45, 2.75) is 56.1 Å². The van der Waals surface area contributed by atoms with Crippen LogP contribution in [0.5, 0.6) is 11.5 Å². The number of carbonyl (C=O) groups excluding carboxylic acids is 3. The summed E-state index contributed by atoms with van der Waals surface area (Å²) in [6.45, 7) is -2.19. The molecule has 0 unspecified atom stereocenters. The topological polar surface area (TPSA) is 159 Å². The van der Waals surface area contributed by atoms with Gasteiger partial charge in [0.2, 0.25) is 5.91 Å². The van der Waals surface area contributed by atoms with Crippen molar-refractivity contribution in [3.63, 3.8) is 0 Å². The molecule has 3 aliphatic rings. The number of rotatable bonds is 12. The molecule has 2 aromatic carbocycles. The minimum Gasteiger partial charge on any atom is -0.489 e. The van der Waals surface area contributed by atoms with Crippen LogP contribution in [0.15, 0.2) is 35.3 Å². The molecule has 2 amide bonds. The Balaban J connectivity index is 1.42. The second-order valence-electron chi connectivity index (χ2n) is 12.4. The van der Waals surface area contributed by atoms with Gasteiger partial charge in [-0.05, 0) is 68.9 Å². The molecule has 0 bridgehead atoms. The standard InChI is InChI=1S/C33H30ClF4N5O5/c1-32(30(40)46)14-47-28-20(32)10-23(43-27(28)19-6-7-21(35)25(36)24(19)34)33(13-44,17-2-3-17)12-42-29(45)15-8-16(11-41-18-4-5-18)26(39)22(9-15)48-31(37)38/h6-11,13,17-18,31H,2-5,12,14,39H2,1H3,(H2,40,46)(H,42,45)/t32-,33+/m0/s1. The first-order valence-electron chi connectivity index (χ1n) is 15.1. The number of ether oxygens (including phenoxy) is 2. The molecule has 5 N–H and O–H groups in total. The average Bonchev–Trinajstić information content (AvgIpc) is 3.99. The second-order valence-corrected chi connectivity index (χ2v) is 12.8. The second kappa shape index (κ2) is 12.4. The number of primary amides is 1. The van der Waals surface area contributed by atoms with Crippen LogP contribution in [0.4, 0.5) is 23.2 Å². The largest absolute Gasteiger partial charge is 0.489 e. The molecule has 252 valence electrons. The van der Waals surface area contributed by atoms with Crippen molar-refractivity contribution in [1.82, 2.24) is 10.3 Å². The number of aliphatic imine (C=N–C) groups is 1. The van der Waals surface area contributed by atoms with E-state index in [2.05, 4.69) is 20.0 Å². The van der Waals surface area contributed by atoms with Crippen LogP contribution in [0.1, 0.15) is 59.8 Å². The fourth-order valence-corrected chi connectivity index (χ4v) is 6.02. The smallest absolute Gasteiger partial charge is 0.387 e. The maximum Gasteiger partial charge on any atom is 0.387 e. The Labute approximate surface area is 276 Å². The zero-order chi connectivity index (χ0) is 34.5. The molecule has 6 rings (SSSR count). The third-order valence-electron chi connectivity index (χ3n) is 9.06. The summed E-state index contributed by atoms with van der Waals surface area (Å²) in [5.74, 6) is -4.70. The molecule has 1 aliphatic heterocycles. The van der Waals surface area contributed by atoms with Gasteiger partial charge in [-0.15, -0.1) is 0 Å². The fourth-order valence-electron chi connectivity index (χ4n) is 5.78. The Hall–Kier alpha value is -4.72. The van der Waals surface area contributed by atoms with Crippen LogP contribution in [-0.2, 0) is 20.4 Å². The Morgan fingerprint density at radius 2 is 1.96 bits per heavy atom. The van der Waals surface area contributed by atoms with Gasteiger partial charge in [-0.2, -0.15) is 8.78 Å². The van der Waals surface area contributed by atoms with Gasteiger partial charge in [-0.25, -0.2) is 13.8 Å². The minimum atomic E-state index is -3.21. The highest BCUT2D eigenvalue weighted by Gasteiger charge is 2.51. The van der Waals surface area contributed by atoms with E-state index in [-0.39, 0.29) is 70.2 Å². The number of pyridine rings is 1. The molecule has 2 atom stereocenters. The number of hydrogen-bond acceptors (Lipinski definition) is 8. The summed E-state index contributed by atoms with van der Waals surface area (Å²) < 4.78 is 65.5. The number of hydrogen-bond donors (Lipinski definition) is 3. The molecule has 15 heteroatoms. The highest BCUT2D eigenvalue weighted by Crippen LogP contribution is 2.51. The average molecular weight is 688 g/mol. The van der Waals surface area contributed by atoms with Gasteiger partial charge in [0.1, 0.15) is 35.5 Å². The van der Waals surface area contributed by atoms with Crippen molar-refractivity contribution < 1.29 is 41.4 Å². The van der Waals surface area contributed by atoms with Crippen molar-refractivity contribution in [2.24, 2.45) is 16.6 Å². The number of fused-ring (bicyclic) bond motifs is 1. The van der Waals surface area contributed by atoms with E-state index in [0.717, 1.165) is 25.0 Å². The predicted molar refractivity (Wildman–Crippen MR) is 168 cm³/mol. The molecule has 3 aromatic rings. The number of nitrogens with zero attached hydrogens (tertiary/aromatic N) is 2. The third-order valence-corrected chi connectivity index (χ3v) is 9.43. The summed E-state index contributed by atoms with van der Waals surface area (Å²) in [7, 11) is 0. The molecule has 2 aliphatic carbocycles. The molecule has 2 saturated carbocycles. The van der Waals surface area contributed by atoms with Gasteiger partial charge in [0, 0.05) is 35.0 Å². The number of amides is 2. The molecule has 48 heavy (non-hydrogen) atoms. The molecule has 10 nitrogen and oxygen atoms in total. The number of nitrogens with one attached hydrogen (secondary N) is 1. The number of benzene rings is 2. The first-order chi connectivity index (χ1) is 22.8. The Morgan fingerprint density at radius 1 is 1.23 bits per heavy atom. The normalized spacial score (nSPS) is 19.9. The number of aldehydes is 1. The highest BCUT2D eigenvalue weighted by molar-refractivity contribution is 6.33. The van der Waals surface area contributed by atoms with Gasteiger partial charge in [0.25, 0.3) is 5.91 Å². The number of aromatic nitrogens is 1. The van der Waals surface area contributed by atoms with E-state index in [1.54, 1.807) is 0 Å². The number of nitrogens with two attached hydrogens (primary N) is 2. The van der Waals surface area contributed by atoms with Crippen LogP contribution < -0.4 is 26.3 Å². The molecular weight excluding hydrogens is 658 g/mol.